The lowest BCUT2D eigenvalue weighted by molar-refractivity contribution is -0.168. The number of ketones is 1. The van der Waals surface area contributed by atoms with Crippen LogP contribution < -0.4 is 0 Å². The molecule has 3 heteroatoms. The Balaban J connectivity index is 2.20. The van der Waals surface area contributed by atoms with Crippen molar-refractivity contribution < 1.29 is 9.59 Å². The first-order valence-electron chi connectivity index (χ1n) is 6.10. The number of amides is 1. The van der Waals surface area contributed by atoms with E-state index in [9.17, 15) is 9.59 Å². The van der Waals surface area contributed by atoms with Crippen molar-refractivity contribution in [1.29, 1.82) is 0 Å². The molecule has 0 aromatic heterocycles. The number of nitrogens with zero attached hydrogens (tertiary/aromatic N) is 1. The number of hydrogen-bond donors (Lipinski definition) is 0. The Morgan fingerprint density at radius 1 is 1.31 bits per heavy atom. The van der Waals surface area contributed by atoms with E-state index in [2.05, 4.69) is 13.8 Å². The summed E-state index contributed by atoms with van der Waals surface area (Å²) in [5.41, 5.74) is 0.312. The smallest absolute Gasteiger partial charge is 0.219 e. The predicted octanol–water partition coefficient (Wildman–Crippen LogP) is 1.86. The molecule has 3 aliphatic rings. The Morgan fingerprint density at radius 2 is 1.94 bits per heavy atom. The Labute approximate surface area is 97.2 Å². The number of carbonyl (C=O) groups is 2. The van der Waals surface area contributed by atoms with Crippen molar-refractivity contribution >= 4 is 11.7 Å². The van der Waals surface area contributed by atoms with Crippen LogP contribution in [-0.4, -0.2) is 29.2 Å². The summed E-state index contributed by atoms with van der Waals surface area (Å²) in [6.45, 7) is 8.63. The van der Waals surface area contributed by atoms with Crippen molar-refractivity contribution in [3.8, 4) is 0 Å². The van der Waals surface area contributed by atoms with Crippen molar-refractivity contribution in [2.45, 2.75) is 46.6 Å². The second kappa shape index (κ2) is 3.57. The Bertz CT molecular complexity index is 335. The molecule has 3 rings (SSSR count). The maximum absolute atomic E-state index is 11.6. The van der Waals surface area contributed by atoms with Crippen LogP contribution in [0.2, 0.25) is 0 Å². The van der Waals surface area contributed by atoms with Crippen molar-refractivity contribution in [1.82, 2.24) is 4.90 Å². The van der Waals surface area contributed by atoms with Crippen molar-refractivity contribution in [2.24, 2.45) is 17.3 Å². The zero-order valence-corrected chi connectivity index (χ0v) is 10.6. The van der Waals surface area contributed by atoms with Crippen LogP contribution >= 0.6 is 0 Å². The molecule has 0 aromatic carbocycles. The van der Waals surface area contributed by atoms with Crippen LogP contribution in [0.25, 0.3) is 0 Å². The molecule has 0 radical (unpaired) electrons. The summed E-state index contributed by atoms with van der Waals surface area (Å²) in [6.07, 6.45) is 1.72. The Morgan fingerprint density at radius 3 is 2.38 bits per heavy atom. The van der Waals surface area contributed by atoms with E-state index < -0.39 is 0 Å². The highest BCUT2D eigenvalue weighted by atomic mass is 16.2. The number of rotatable bonds is 2. The van der Waals surface area contributed by atoms with Gasteiger partial charge >= 0.3 is 0 Å². The van der Waals surface area contributed by atoms with Gasteiger partial charge < -0.3 is 4.90 Å². The minimum atomic E-state index is 0.122. The first-order chi connectivity index (χ1) is 7.34. The molecule has 1 saturated carbocycles. The standard InChI is InChI=1S/C13H21NO2/c1-8(15)5-12-11-6-10(13(11,3)4)7-14(12)9(2)16/h10-12H,5-7H2,1-4H3. The summed E-state index contributed by atoms with van der Waals surface area (Å²) in [4.78, 5) is 24.8. The fourth-order valence-electron chi connectivity index (χ4n) is 3.52. The van der Waals surface area contributed by atoms with Gasteiger partial charge in [-0.05, 0) is 30.6 Å². The van der Waals surface area contributed by atoms with Crippen LogP contribution in [0.4, 0.5) is 0 Å². The summed E-state index contributed by atoms with van der Waals surface area (Å²) in [6, 6.07) is 0.148. The van der Waals surface area contributed by atoms with Gasteiger partial charge in [-0.15, -0.1) is 0 Å². The summed E-state index contributed by atoms with van der Waals surface area (Å²) in [5, 5.41) is 0. The molecule has 90 valence electrons. The summed E-state index contributed by atoms with van der Waals surface area (Å²) >= 11 is 0. The molecule has 0 aromatic rings. The number of hydrogen-bond acceptors (Lipinski definition) is 2. The first kappa shape index (κ1) is 11.6. The van der Waals surface area contributed by atoms with E-state index in [1.54, 1.807) is 13.8 Å². The molecule has 1 aliphatic carbocycles. The number of fused-ring (bicyclic) bond motifs is 2. The average molecular weight is 223 g/mol. The zero-order chi connectivity index (χ0) is 12.1. The van der Waals surface area contributed by atoms with Crippen molar-refractivity contribution in [3.05, 3.63) is 0 Å². The van der Waals surface area contributed by atoms with E-state index in [1.807, 2.05) is 4.90 Å². The quantitative estimate of drug-likeness (QED) is 0.716. The summed E-state index contributed by atoms with van der Waals surface area (Å²) < 4.78 is 0. The van der Waals surface area contributed by atoms with Gasteiger partial charge in [-0.2, -0.15) is 0 Å². The highest BCUT2D eigenvalue weighted by molar-refractivity contribution is 5.79. The summed E-state index contributed by atoms with van der Waals surface area (Å²) in [7, 11) is 0. The number of Topliss-reactive ketones (excluding diaryl/α,β-unsaturated/α-hetero) is 1. The van der Waals surface area contributed by atoms with Gasteiger partial charge in [0.15, 0.2) is 0 Å². The monoisotopic (exact) mass is 223 g/mol. The van der Waals surface area contributed by atoms with E-state index in [-0.39, 0.29) is 17.7 Å². The molecule has 3 unspecified atom stereocenters. The van der Waals surface area contributed by atoms with Crippen LogP contribution in [0, 0.1) is 17.3 Å². The Hall–Kier alpha value is -0.860. The molecule has 2 saturated heterocycles. The van der Waals surface area contributed by atoms with Gasteiger partial charge in [-0.3, -0.25) is 9.59 Å². The molecule has 2 bridgehead atoms. The molecular weight excluding hydrogens is 202 g/mol. The van der Waals surface area contributed by atoms with Gasteiger partial charge in [-0.25, -0.2) is 0 Å². The predicted molar refractivity (Wildman–Crippen MR) is 61.9 cm³/mol. The fourth-order valence-corrected chi connectivity index (χ4v) is 3.52. The highest BCUT2D eigenvalue weighted by Gasteiger charge is 2.57. The average Bonchev–Trinajstić information content (AvgIpc) is 2.15. The largest absolute Gasteiger partial charge is 0.339 e. The lowest BCUT2D eigenvalue weighted by Gasteiger charge is -2.63. The van der Waals surface area contributed by atoms with Gasteiger partial charge in [0.25, 0.3) is 0 Å². The van der Waals surface area contributed by atoms with E-state index in [0.29, 0.717) is 23.7 Å². The normalized spacial score (nSPS) is 35.5. The fraction of sp³-hybridized carbons (Fsp3) is 0.846. The molecular formula is C13H21NO2. The maximum Gasteiger partial charge on any atom is 0.219 e. The van der Waals surface area contributed by atoms with Crippen LogP contribution in [0.15, 0.2) is 0 Å². The third kappa shape index (κ3) is 1.57. The van der Waals surface area contributed by atoms with E-state index in [0.717, 1.165) is 6.54 Å². The molecule has 16 heavy (non-hydrogen) atoms. The van der Waals surface area contributed by atoms with Gasteiger partial charge in [-0.1, -0.05) is 13.8 Å². The van der Waals surface area contributed by atoms with Crippen LogP contribution in [0.3, 0.4) is 0 Å². The minimum Gasteiger partial charge on any atom is -0.339 e. The molecule has 0 spiro atoms. The molecule has 1 amide bonds. The van der Waals surface area contributed by atoms with Gasteiger partial charge in [0, 0.05) is 25.9 Å². The highest BCUT2D eigenvalue weighted by Crippen LogP contribution is 2.58. The van der Waals surface area contributed by atoms with Crippen molar-refractivity contribution in [3.63, 3.8) is 0 Å². The molecule has 3 atom stereocenters. The van der Waals surface area contributed by atoms with E-state index in [1.165, 1.54) is 6.42 Å². The lowest BCUT2D eigenvalue weighted by Crippen LogP contribution is -2.66. The SMILES string of the molecule is CC(=O)CC1C2CC(CN1C(C)=O)C2(C)C. The van der Waals surface area contributed by atoms with Crippen LogP contribution in [0.1, 0.15) is 40.5 Å². The van der Waals surface area contributed by atoms with E-state index >= 15 is 0 Å². The second-order valence-corrected chi connectivity index (χ2v) is 6.01. The molecule has 3 fully saturated rings. The first-order valence-corrected chi connectivity index (χ1v) is 6.10. The van der Waals surface area contributed by atoms with Gasteiger partial charge in [0.2, 0.25) is 5.91 Å². The molecule has 3 nitrogen and oxygen atoms in total. The topological polar surface area (TPSA) is 37.4 Å². The van der Waals surface area contributed by atoms with Crippen LogP contribution in [0.5, 0.6) is 0 Å². The maximum atomic E-state index is 11.6. The minimum absolute atomic E-state index is 0.122. The van der Waals surface area contributed by atoms with Crippen LogP contribution in [-0.2, 0) is 9.59 Å². The third-order valence-electron chi connectivity index (χ3n) is 4.73. The zero-order valence-electron chi connectivity index (χ0n) is 10.6. The second-order valence-electron chi connectivity index (χ2n) is 6.01. The molecule has 2 aliphatic heterocycles. The molecule has 2 heterocycles. The number of piperidine rings is 2. The lowest BCUT2D eigenvalue weighted by atomic mass is 9.49. The number of carbonyl (C=O) groups excluding carboxylic acids is 2. The Kier molecular flexibility index (Phi) is 2.59. The van der Waals surface area contributed by atoms with E-state index in [4.69, 9.17) is 0 Å². The summed E-state index contributed by atoms with van der Waals surface area (Å²) in [5.74, 6) is 1.46. The molecule has 0 N–H and O–H groups in total. The third-order valence-corrected chi connectivity index (χ3v) is 4.73. The van der Waals surface area contributed by atoms with Gasteiger partial charge in [0.05, 0.1) is 0 Å². The van der Waals surface area contributed by atoms with Crippen molar-refractivity contribution in [2.75, 3.05) is 6.54 Å². The van der Waals surface area contributed by atoms with Gasteiger partial charge in [0.1, 0.15) is 5.78 Å².